The summed E-state index contributed by atoms with van der Waals surface area (Å²) in [4.78, 5) is 20.9. The van der Waals surface area contributed by atoms with Crippen molar-refractivity contribution >= 4 is 17.5 Å². The Morgan fingerprint density at radius 2 is 1.87 bits per heavy atom. The highest BCUT2D eigenvalue weighted by atomic mass is 16.6. The van der Waals surface area contributed by atoms with Crippen molar-refractivity contribution in [2.45, 2.75) is 6.61 Å². The second kappa shape index (κ2) is 7.06. The molecule has 0 saturated carbocycles. The first-order valence-corrected chi connectivity index (χ1v) is 6.50. The van der Waals surface area contributed by atoms with Crippen molar-refractivity contribution in [3.63, 3.8) is 0 Å². The van der Waals surface area contributed by atoms with Gasteiger partial charge in [-0.25, -0.2) is 4.79 Å². The number of para-hydroxylation sites is 1. The van der Waals surface area contributed by atoms with Crippen LogP contribution < -0.4 is 5.32 Å². The fraction of sp³-hybridized carbons (Fsp3) is 0.0625. The highest BCUT2D eigenvalue weighted by molar-refractivity contribution is 5.85. The summed E-state index contributed by atoms with van der Waals surface area (Å²) in [5.74, 6) is 5.60. The van der Waals surface area contributed by atoms with Gasteiger partial charge in [0, 0.05) is 23.3 Å². The van der Waals surface area contributed by atoms with Gasteiger partial charge in [-0.3, -0.25) is 15.4 Å². The molecule has 0 saturated heterocycles. The van der Waals surface area contributed by atoms with E-state index in [0.717, 1.165) is 0 Å². The van der Waals surface area contributed by atoms with E-state index in [1.54, 1.807) is 24.3 Å². The number of hydrogen-bond donors (Lipinski definition) is 3. The predicted octanol–water partition coefficient (Wildman–Crippen LogP) is 2.58. The Labute approximate surface area is 131 Å². The van der Waals surface area contributed by atoms with Crippen LogP contribution in [0.3, 0.4) is 0 Å². The van der Waals surface area contributed by atoms with Crippen LogP contribution in [0.25, 0.3) is 0 Å². The number of non-ortho nitro benzene ring substituents is 1. The lowest BCUT2D eigenvalue weighted by atomic mass is 10.1. The van der Waals surface area contributed by atoms with Gasteiger partial charge < -0.3 is 10.2 Å². The van der Waals surface area contributed by atoms with E-state index in [-0.39, 0.29) is 12.3 Å². The van der Waals surface area contributed by atoms with Crippen LogP contribution in [-0.2, 0) is 6.61 Å². The Balaban J connectivity index is 2.39. The van der Waals surface area contributed by atoms with E-state index in [2.05, 4.69) is 17.2 Å². The molecule has 0 aliphatic rings. The number of aliphatic hydroxyl groups excluding tert-OH is 1. The molecule has 7 nitrogen and oxygen atoms in total. The minimum atomic E-state index is -1.20. The van der Waals surface area contributed by atoms with E-state index in [4.69, 9.17) is 5.11 Å². The van der Waals surface area contributed by atoms with Crippen molar-refractivity contribution in [1.82, 2.24) is 0 Å². The number of nitro groups is 1. The van der Waals surface area contributed by atoms with Crippen molar-refractivity contribution in [3.05, 3.63) is 69.3 Å². The highest BCUT2D eigenvalue weighted by Crippen LogP contribution is 2.18. The fourth-order valence-corrected chi connectivity index (χ4v) is 1.90. The Kier molecular flexibility index (Phi) is 4.92. The Bertz CT molecular complexity index is 821. The summed E-state index contributed by atoms with van der Waals surface area (Å²) in [5, 5.41) is 31.1. The number of nitrogens with one attached hydrogen (secondary N) is 1. The molecule has 116 valence electrons. The van der Waals surface area contributed by atoms with Crippen molar-refractivity contribution < 1.29 is 19.9 Å². The molecule has 0 unspecified atom stereocenters. The third-order valence-electron chi connectivity index (χ3n) is 2.97. The smallest absolute Gasteiger partial charge is 0.409 e. The van der Waals surface area contributed by atoms with E-state index >= 15 is 0 Å². The van der Waals surface area contributed by atoms with Gasteiger partial charge in [-0.2, -0.15) is 0 Å². The van der Waals surface area contributed by atoms with E-state index in [1.807, 2.05) is 0 Å². The lowest BCUT2D eigenvalue weighted by Crippen LogP contribution is -2.08. The largest absolute Gasteiger partial charge is 0.465 e. The topological polar surface area (TPSA) is 113 Å². The minimum absolute atomic E-state index is 0.132. The van der Waals surface area contributed by atoms with Gasteiger partial charge in [0.25, 0.3) is 5.69 Å². The molecule has 0 bridgehead atoms. The average molecular weight is 312 g/mol. The summed E-state index contributed by atoms with van der Waals surface area (Å²) in [6.45, 7) is -0.388. The number of nitro benzene ring substituents is 1. The molecule has 2 aromatic rings. The van der Waals surface area contributed by atoms with Crippen LogP contribution in [0.5, 0.6) is 0 Å². The number of aliphatic hydroxyl groups is 1. The second-order valence-corrected chi connectivity index (χ2v) is 4.48. The molecule has 2 aromatic carbocycles. The molecule has 23 heavy (non-hydrogen) atoms. The first-order valence-electron chi connectivity index (χ1n) is 6.50. The molecule has 0 fully saturated rings. The third-order valence-corrected chi connectivity index (χ3v) is 2.97. The van der Waals surface area contributed by atoms with E-state index in [1.165, 1.54) is 18.2 Å². The van der Waals surface area contributed by atoms with Crippen molar-refractivity contribution in [2.75, 3.05) is 5.32 Å². The Morgan fingerprint density at radius 1 is 1.17 bits per heavy atom. The standard InChI is InChI=1S/C16H12N2O5/c19-10-13-9-14(18(22)23)8-7-11(13)5-6-12-3-1-2-4-15(12)17-16(20)21/h1-4,7-9,17,19H,10H2,(H,20,21). The maximum absolute atomic E-state index is 10.7. The van der Waals surface area contributed by atoms with E-state index in [0.29, 0.717) is 22.4 Å². The monoisotopic (exact) mass is 312 g/mol. The third kappa shape index (κ3) is 4.06. The van der Waals surface area contributed by atoms with Crippen molar-refractivity contribution in [2.24, 2.45) is 0 Å². The Hall–Kier alpha value is -3.37. The molecule has 0 aliphatic carbocycles. The van der Waals surface area contributed by atoms with Gasteiger partial charge in [-0.1, -0.05) is 24.0 Å². The minimum Gasteiger partial charge on any atom is -0.465 e. The van der Waals surface area contributed by atoms with Gasteiger partial charge in [-0.15, -0.1) is 0 Å². The lowest BCUT2D eigenvalue weighted by molar-refractivity contribution is -0.384. The summed E-state index contributed by atoms with van der Waals surface area (Å²) in [5.41, 5.74) is 1.42. The summed E-state index contributed by atoms with van der Waals surface area (Å²) >= 11 is 0. The summed E-state index contributed by atoms with van der Waals surface area (Å²) in [6.07, 6.45) is -1.20. The van der Waals surface area contributed by atoms with Crippen LogP contribution >= 0.6 is 0 Å². The molecule has 0 spiro atoms. The fourth-order valence-electron chi connectivity index (χ4n) is 1.90. The van der Waals surface area contributed by atoms with Gasteiger partial charge >= 0.3 is 6.09 Å². The van der Waals surface area contributed by atoms with Crippen LogP contribution in [0.15, 0.2) is 42.5 Å². The van der Waals surface area contributed by atoms with Crippen molar-refractivity contribution in [3.8, 4) is 11.8 Å². The zero-order valence-electron chi connectivity index (χ0n) is 11.8. The molecular weight excluding hydrogens is 300 g/mol. The van der Waals surface area contributed by atoms with Gasteiger partial charge in [0.1, 0.15) is 0 Å². The summed E-state index contributed by atoms with van der Waals surface area (Å²) in [7, 11) is 0. The van der Waals surface area contributed by atoms with Gasteiger partial charge in [-0.05, 0) is 23.8 Å². The molecular formula is C16H12N2O5. The SMILES string of the molecule is O=C(O)Nc1ccccc1C#Cc1ccc([N+](=O)[O-])cc1CO. The van der Waals surface area contributed by atoms with Crippen LogP contribution in [0.1, 0.15) is 16.7 Å². The van der Waals surface area contributed by atoms with Crippen molar-refractivity contribution in [1.29, 1.82) is 0 Å². The highest BCUT2D eigenvalue weighted by Gasteiger charge is 2.09. The second-order valence-electron chi connectivity index (χ2n) is 4.48. The number of hydrogen-bond acceptors (Lipinski definition) is 4. The first-order chi connectivity index (χ1) is 11.0. The number of carboxylic acid groups (broad SMARTS) is 1. The van der Waals surface area contributed by atoms with E-state index in [9.17, 15) is 20.0 Å². The molecule has 0 atom stereocenters. The van der Waals surface area contributed by atoms with Gasteiger partial charge in [0.15, 0.2) is 0 Å². The van der Waals surface area contributed by atoms with Crippen LogP contribution in [0.4, 0.5) is 16.2 Å². The maximum Gasteiger partial charge on any atom is 0.409 e. The predicted molar refractivity (Wildman–Crippen MR) is 83.1 cm³/mol. The quantitative estimate of drug-likeness (QED) is 0.458. The number of amides is 1. The van der Waals surface area contributed by atoms with Crippen LogP contribution in [-0.4, -0.2) is 21.2 Å². The first kappa shape index (κ1) is 16.0. The zero-order valence-corrected chi connectivity index (χ0v) is 11.8. The number of anilines is 1. The number of carbonyl (C=O) groups is 1. The lowest BCUT2D eigenvalue weighted by Gasteiger charge is -2.03. The average Bonchev–Trinajstić information content (AvgIpc) is 2.53. The molecule has 3 N–H and O–H groups in total. The molecule has 0 radical (unpaired) electrons. The molecule has 1 amide bonds. The molecule has 0 aromatic heterocycles. The van der Waals surface area contributed by atoms with E-state index < -0.39 is 11.0 Å². The summed E-state index contributed by atoms with van der Waals surface area (Å²) < 4.78 is 0. The molecule has 7 heteroatoms. The van der Waals surface area contributed by atoms with Crippen LogP contribution in [0.2, 0.25) is 0 Å². The van der Waals surface area contributed by atoms with Gasteiger partial charge in [0.05, 0.1) is 17.2 Å². The number of rotatable bonds is 3. The normalized spacial score (nSPS) is 9.61. The van der Waals surface area contributed by atoms with Crippen LogP contribution in [0, 0.1) is 22.0 Å². The number of nitrogens with zero attached hydrogens (tertiary/aromatic N) is 1. The molecule has 0 aliphatic heterocycles. The van der Waals surface area contributed by atoms with Gasteiger partial charge in [0.2, 0.25) is 0 Å². The molecule has 2 rings (SSSR count). The maximum atomic E-state index is 10.7. The molecule has 0 heterocycles. The summed E-state index contributed by atoms with van der Waals surface area (Å²) in [6, 6.07) is 10.6. The number of benzene rings is 2. The zero-order chi connectivity index (χ0) is 16.8. The Morgan fingerprint density at radius 3 is 2.52 bits per heavy atom.